The fourth-order valence-electron chi connectivity index (χ4n) is 5.79. The van der Waals surface area contributed by atoms with Crippen molar-refractivity contribution in [1.29, 1.82) is 0 Å². The zero-order valence-electron chi connectivity index (χ0n) is 16.6. The van der Waals surface area contributed by atoms with E-state index in [2.05, 4.69) is 0 Å². The van der Waals surface area contributed by atoms with E-state index in [9.17, 15) is 40.5 Å². The molecule has 0 saturated heterocycles. The van der Waals surface area contributed by atoms with E-state index in [-0.39, 0.29) is 16.9 Å². The highest BCUT2D eigenvalue weighted by atomic mass is 16.5. The molecule has 7 N–H and O–H groups in total. The molecule has 2 fully saturated rings. The third kappa shape index (κ3) is 2.08. The molecule has 2 saturated carbocycles. The van der Waals surface area contributed by atoms with Crippen LogP contribution < -0.4 is 0 Å². The van der Waals surface area contributed by atoms with E-state index in [1.165, 1.54) is 48.5 Å². The van der Waals surface area contributed by atoms with Crippen LogP contribution in [-0.4, -0.2) is 84.4 Å². The lowest BCUT2D eigenvalue weighted by Crippen LogP contribution is -3.06. The lowest BCUT2D eigenvalue weighted by atomic mass is 9.25. The quantitative estimate of drug-likeness (QED) is 0.279. The smallest absolute Gasteiger partial charge is 0.322 e. The van der Waals surface area contributed by atoms with Gasteiger partial charge in [-0.15, -0.1) is 0 Å². The molecule has 2 aliphatic carbocycles. The molecule has 0 aliphatic heterocycles. The zero-order valence-corrected chi connectivity index (χ0v) is 16.6. The standard InChI is InChI=1S/C22H24O9/c1-31-18(27)19(13-5-3-2-4-6-13)17(26)21(29)16(12-7-9-14(24)10-8-12)20(28,15(25)11-23)22(19,21)30/h2-10,15-17,23-26,28-30H,11H2,1H3/t15-,16?,17?,19?,20+,21+,22+/m1/s1. The summed E-state index contributed by atoms with van der Waals surface area (Å²) >= 11 is 0. The molecule has 2 aromatic rings. The van der Waals surface area contributed by atoms with Crippen LogP contribution >= 0.6 is 0 Å². The molecule has 0 amide bonds. The number of phenolic OH excluding ortho intramolecular Hbond substituents is 1. The van der Waals surface area contributed by atoms with Gasteiger partial charge in [0.25, 0.3) is 0 Å². The van der Waals surface area contributed by atoms with Crippen molar-refractivity contribution in [3.8, 4) is 5.75 Å². The summed E-state index contributed by atoms with van der Waals surface area (Å²) in [6.45, 7) is -1.01. The first-order valence-corrected chi connectivity index (χ1v) is 9.67. The second-order valence-corrected chi connectivity index (χ2v) is 8.15. The van der Waals surface area contributed by atoms with Crippen LogP contribution in [0.1, 0.15) is 17.0 Å². The number of aromatic hydroxyl groups is 1. The fourth-order valence-corrected chi connectivity index (χ4v) is 5.79. The number of hydrogen-bond donors (Lipinski definition) is 7. The minimum absolute atomic E-state index is 0.0502. The number of rotatable bonds is 5. The Morgan fingerprint density at radius 2 is 1.65 bits per heavy atom. The SMILES string of the molecule is COC(=O)C1(c2ccccc2)C(O)[C@@]2(O)C(c3ccc(O)cc3)[C@@](O)([C@H](O)CO)[C@@]12O. The number of carbonyl (C=O) groups excluding carboxylic acids is 1. The van der Waals surface area contributed by atoms with Crippen LogP contribution in [0.2, 0.25) is 0 Å². The predicted octanol–water partition coefficient (Wildman–Crippen LogP) is -1.48. The van der Waals surface area contributed by atoms with Crippen molar-refractivity contribution in [3.63, 3.8) is 0 Å². The highest BCUT2D eigenvalue weighted by molar-refractivity contribution is 5.92. The van der Waals surface area contributed by atoms with E-state index < -0.39 is 52.9 Å². The molecule has 0 radical (unpaired) electrons. The fraction of sp³-hybridized carbons (Fsp3) is 0.409. The van der Waals surface area contributed by atoms with Crippen molar-refractivity contribution < 1.29 is 45.3 Å². The molecule has 4 rings (SSSR count). The Bertz CT molecular complexity index is 996. The molecule has 0 aromatic heterocycles. The van der Waals surface area contributed by atoms with E-state index in [4.69, 9.17) is 4.74 Å². The number of aliphatic hydroxyl groups is 6. The number of carbonyl (C=O) groups is 1. The third-order valence-corrected chi connectivity index (χ3v) is 7.08. The van der Waals surface area contributed by atoms with Gasteiger partial charge < -0.3 is 40.5 Å². The number of hydrogen-bond acceptors (Lipinski definition) is 9. The minimum atomic E-state index is -2.83. The van der Waals surface area contributed by atoms with Crippen LogP contribution in [0.25, 0.3) is 0 Å². The average molecular weight is 432 g/mol. The average Bonchev–Trinajstić information content (AvgIpc) is 2.79. The van der Waals surface area contributed by atoms with E-state index in [1.807, 2.05) is 0 Å². The Labute approximate surface area is 177 Å². The van der Waals surface area contributed by atoms with Crippen molar-refractivity contribution in [1.82, 2.24) is 0 Å². The van der Waals surface area contributed by atoms with Crippen LogP contribution in [0, 0.1) is 0 Å². The predicted molar refractivity (Wildman–Crippen MR) is 105 cm³/mol. The molecule has 7 atom stereocenters. The molecule has 2 aliphatic rings. The first kappa shape index (κ1) is 21.7. The lowest BCUT2D eigenvalue weighted by Gasteiger charge is -2.82. The summed E-state index contributed by atoms with van der Waals surface area (Å²) in [4.78, 5) is 13.0. The number of methoxy groups -OCH3 is 1. The summed E-state index contributed by atoms with van der Waals surface area (Å²) < 4.78 is 4.85. The van der Waals surface area contributed by atoms with Gasteiger partial charge in [-0.25, -0.2) is 0 Å². The molecule has 166 valence electrons. The normalized spacial score (nSPS) is 39.6. The maximum atomic E-state index is 13.0. The minimum Gasteiger partial charge on any atom is -0.508 e. The zero-order chi connectivity index (χ0) is 22.8. The van der Waals surface area contributed by atoms with Crippen molar-refractivity contribution in [2.24, 2.45) is 0 Å². The second-order valence-electron chi connectivity index (χ2n) is 8.15. The van der Waals surface area contributed by atoms with Crippen molar-refractivity contribution in [3.05, 3.63) is 65.7 Å². The topological polar surface area (TPSA) is 168 Å². The van der Waals surface area contributed by atoms with Gasteiger partial charge in [-0.05, 0) is 23.3 Å². The van der Waals surface area contributed by atoms with E-state index in [0.29, 0.717) is 0 Å². The molecular formula is C22H24O9. The molecule has 3 unspecified atom stereocenters. The Hall–Kier alpha value is -2.53. The van der Waals surface area contributed by atoms with Gasteiger partial charge in [0.15, 0.2) is 11.0 Å². The van der Waals surface area contributed by atoms with Gasteiger partial charge in [-0.2, -0.15) is 0 Å². The molecule has 31 heavy (non-hydrogen) atoms. The van der Waals surface area contributed by atoms with Crippen LogP contribution in [0.15, 0.2) is 54.6 Å². The number of ether oxygens (including phenoxy) is 1. The van der Waals surface area contributed by atoms with Gasteiger partial charge in [0, 0.05) is 0 Å². The largest absolute Gasteiger partial charge is 0.508 e. The summed E-state index contributed by atoms with van der Waals surface area (Å²) in [5, 5.41) is 75.9. The number of fused-ring (bicyclic) bond motifs is 1. The van der Waals surface area contributed by atoms with Gasteiger partial charge in [0.1, 0.15) is 29.2 Å². The van der Waals surface area contributed by atoms with Gasteiger partial charge in [-0.1, -0.05) is 42.5 Å². The Kier molecular flexibility index (Phi) is 4.71. The highest BCUT2D eigenvalue weighted by Gasteiger charge is 3.01. The van der Waals surface area contributed by atoms with E-state index >= 15 is 0 Å². The summed E-state index contributed by atoms with van der Waals surface area (Å²) in [7, 11) is 1.03. The molecule has 0 heterocycles. The first-order chi connectivity index (χ1) is 14.6. The molecule has 9 nitrogen and oxygen atoms in total. The van der Waals surface area contributed by atoms with Crippen LogP contribution in [-0.2, 0) is 14.9 Å². The number of aliphatic hydroxyl groups excluding tert-OH is 3. The summed E-state index contributed by atoms with van der Waals surface area (Å²) in [6.07, 6.45) is -3.94. The summed E-state index contributed by atoms with van der Waals surface area (Å²) in [6, 6.07) is 12.7. The maximum absolute atomic E-state index is 13.0. The van der Waals surface area contributed by atoms with E-state index in [1.54, 1.807) is 6.07 Å². The number of phenols is 1. The Balaban J connectivity index is 1.99. The van der Waals surface area contributed by atoms with Crippen molar-refractivity contribution in [2.45, 2.75) is 40.3 Å². The molecule has 0 bridgehead atoms. The summed E-state index contributed by atoms with van der Waals surface area (Å²) in [5.41, 5.74) is -10.1. The molecule has 9 heteroatoms. The highest BCUT2D eigenvalue weighted by Crippen LogP contribution is 2.78. The van der Waals surface area contributed by atoms with E-state index in [0.717, 1.165) is 7.11 Å². The van der Waals surface area contributed by atoms with Crippen LogP contribution in [0.4, 0.5) is 0 Å². The third-order valence-electron chi connectivity index (χ3n) is 7.08. The first-order valence-electron chi connectivity index (χ1n) is 9.67. The Morgan fingerprint density at radius 1 is 1.06 bits per heavy atom. The molecule has 0 spiro atoms. The van der Waals surface area contributed by atoms with Crippen LogP contribution in [0.3, 0.4) is 0 Å². The van der Waals surface area contributed by atoms with Gasteiger partial charge >= 0.3 is 5.97 Å². The van der Waals surface area contributed by atoms with Gasteiger partial charge in [0.2, 0.25) is 0 Å². The lowest BCUT2D eigenvalue weighted by molar-refractivity contribution is -0.477. The van der Waals surface area contributed by atoms with Gasteiger partial charge in [0.05, 0.1) is 19.6 Å². The number of esters is 1. The number of benzene rings is 2. The monoisotopic (exact) mass is 432 g/mol. The van der Waals surface area contributed by atoms with Gasteiger partial charge in [-0.3, -0.25) is 4.79 Å². The summed E-state index contributed by atoms with van der Waals surface area (Å²) in [5.74, 6) is -2.76. The maximum Gasteiger partial charge on any atom is 0.322 e. The Morgan fingerprint density at radius 3 is 2.16 bits per heavy atom. The molecule has 2 aromatic carbocycles. The molecular weight excluding hydrogens is 408 g/mol. The van der Waals surface area contributed by atoms with Crippen LogP contribution in [0.5, 0.6) is 5.75 Å². The van der Waals surface area contributed by atoms with Crippen molar-refractivity contribution in [2.75, 3.05) is 13.7 Å². The second kappa shape index (κ2) is 6.73. The van der Waals surface area contributed by atoms with Crippen molar-refractivity contribution >= 4 is 5.97 Å².